The fourth-order valence-corrected chi connectivity index (χ4v) is 12.2. The number of para-hydroxylation sites is 2. The lowest BCUT2D eigenvalue weighted by atomic mass is 9.88. The van der Waals surface area contributed by atoms with Gasteiger partial charge in [-0.15, -0.1) is 0 Å². The molecule has 2 aliphatic rings. The second kappa shape index (κ2) is 35.6. The lowest BCUT2D eigenvalue weighted by molar-refractivity contribution is -0.310. The van der Waals surface area contributed by atoms with Crippen LogP contribution in [0.2, 0.25) is 0 Å². The van der Waals surface area contributed by atoms with Crippen molar-refractivity contribution in [3.05, 3.63) is 145 Å². The van der Waals surface area contributed by atoms with E-state index in [0.717, 1.165) is 36.1 Å². The molecule has 7 rings (SSSR count). The van der Waals surface area contributed by atoms with E-state index in [1.807, 2.05) is 60.7 Å². The number of benzene rings is 5. The van der Waals surface area contributed by atoms with Gasteiger partial charge >= 0.3 is 11.9 Å². The first-order valence-electron chi connectivity index (χ1n) is 30.4. The van der Waals surface area contributed by atoms with Gasteiger partial charge < -0.3 is 91.7 Å². The highest BCUT2D eigenvalue weighted by molar-refractivity contribution is 7.99. The van der Waals surface area contributed by atoms with E-state index >= 15 is 0 Å². The third kappa shape index (κ3) is 20.8. The van der Waals surface area contributed by atoms with E-state index in [9.17, 15) is 79.2 Å². The van der Waals surface area contributed by atoms with E-state index in [4.69, 9.17) is 18.9 Å². The Morgan fingerprint density at radius 2 is 0.840 bits per heavy atom. The van der Waals surface area contributed by atoms with Gasteiger partial charge in [0.05, 0.1) is 61.1 Å². The number of aliphatic hydroxyl groups is 6. The second-order valence-electron chi connectivity index (χ2n) is 22.5. The standard InChI is InChI=1S/C66H80N6O20S2/c1-39(73)69-55-49(75)35-65(63(85)86,91-59(55)57(81)51(77)37-67-61(83)45-23-19-43(20-24-45)41-13-5-3-6-14-41)89-29-11-31-93-33-27-53(79)71-47-17-9-10-18-48(47)72-54(80)28-34-94-32-12-30-90-66(64(87)88)36-50(76)56(70-40(2)74)60(92-66)58(82)52(78)38-68-62(84)46-25-21-44(22-26-46)42-15-7-4-8-16-42/h3-10,13-26,49-52,55-60,75-78,81-82H,11-12,27-38H2,1-2H3,(H,67,83)(H,68,84)(H,69,73)(H,70,74)(H,71,79)(H,72,80)(H,85,86)(H,87,88)/t49-,50-,51+,52+,55+,56+,57?,58?,59+,60+,65+,66+/m0/s1. The molecule has 2 unspecified atom stereocenters. The third-order valence-electron chi connectivity index (χ3n) is 15.4. The minimum Gasteiger partial charge on any atom is -0.477 e. The Labute approximate surface area is 550 Å². The zero-order valence-electron chi connectivity index (χ0n) is 51.7. The predicted octanol–water partition coefficient (Wildman–Crippen LogP) is 3.13. The highest BCUT2D eigenvalue weighted by atomic mass is 32.2. The molecule has 5 aromatic carbocycles. The molecule has 0 radical (unpaired) electrons. The van der Waals surface area contributed by atoms with Crippen LogP contribution in [0.15, 0.2) is 133 Å². The molecule has 28 heteroatoms. The molecular formula is C66H80N6O20S2. The molecule has 14 N–H and O–H groups in total. The van der Waals surface area contributed by atoms with Gasteiger partial charge in [0.2, 0.25) is 23.6 Å². The Hall–Kier alpha value is -7.84. The van der Waals surface area contributed by atoms with E-state index in [2.05, 4.69) is 31.9 Å². The van der Waals surface area contributed by atoms with E-state index in [1.165, 1.54) is 23.5 Å². The molecule has 2 fully saturated rings. The van der Waals surface area contributed by atoms with Crippen molar-refractivity contribution in [1.82, 2.24) is 21.3 Å². The van der Waals surface area contributed by atoms with Crippen molar-refractivity contribution in [2.24, 2.45) is 0 Å². The van der Waals surface area contributed by atoms with Gasteiger partial charge in [0, 0.05) is 75.3 Å². The molecule has 6 amide bonds. The molecule has 94 heavy (non-hydrogen) atoms. The van der Waals surface area contributed by atoms with Crippen LogP contribution >= 0.6 is 23.5 Å². The van der Waals surface area contributed by atoms with Crippen molar-refractivity contribution in [3.63, 3.8) is 0 Å². The summed E-state index contributed by atoms with van der Waals surface area (Å²) in [4.78, 5) is 102. The van der Waals surface area contributed by atoms with Gasteiger partial charge in [-0.2, -0.15) is 23.5 Å². The van der Waals surface area contributed by atoms with Gasteiger partial charge in [-0.3, -0.25) is 28.8 Å². The van der Waals surface area contributed by atoms with Crippen LogP contribution < -0.4 is 31.9 Å². The number of carbonyl (C=O) groups is 8. The number of carbonyl (C=O) groups excluding carboxylic acids is 6. The fourth-order valence-electron chi connectivity index (χ4n) is 10.5. The molecule has 0 saturated carbocycles. The summed E-state index contributed by atoms with van der Waals surface area (Å²) in [6, 6.07) is 36.1. The molecule has 506 valence electrons. The van der Waals surface area contributed by atoms with Crippen molar-refractivity contribution in [3.8, 4) is 22.3 Å². The number of thioether (sulfide) groups is 2. The van der Waals surface area contributed by atoms with Crippen molar-refractivity contribution >= 4 is 82.3 Å². The average molecular weight is 1340 g/mol. The first-order chi connectivity index (χ1) is 45.0. The number of hydrogen-bond donors (Lipinski definition) is 14. The number of rotatable bonds is 34. The smallest absolute Gasteiger partial charge is 0.364 e. The van der Waals surface area contributed by atoms with Crippen LogP contribution in [0, 0.1) is 0 Å². The SMILES string of the molecule is CC(=O)N[C@@H]1[C@@H](O)C[C@](OCCCSCCC(=O)Nc2ccccc2NC(=O)CCSCCCO[C@]2(C(=O)O)C[C@H](O)[C@@H](NC(C)=O)[C@H](C(O)[C@H](O)CNC(=O)c3ccc(-c4ccccc4)cc3)O2)(C(=O)O)O[C@H]1C(O)[C@H](O)CNC(=O)c1ccc(-c2ccccc2)cc1. The Bertz CT molecular complexity index is 3120. The maximum absolute atomic E-state index is 13.1. The molecule has 26 nitrogen and oxygen atoms in total. The number of carboxylic acid groups (broad SMARTS) is 2. The van der Waals surface area contributed by atoms with E-state index in [1.54, 1.807) is 72.8 Å². The van der Waals surface area contributed by atoms with Crippen LogP contribution in [0.25, 0.3) is 22.3 Å². The molecule has 5 aromatic rings. The molecule has 2 aliphatic heterocycles. The summed E-state index contributed by atoms with van der Waals surface area (Å²) in [5.74, 6) is -10.1. The summed E-state index contributed by atoms with van der Waals surface area (Å²) in [6.07, 6.45) is -14.8. The van der Waals surface area contributed by atoms with Crippen molar-refractivity contribution in [2.75, 3.05) is 59.9 Å². The summed E-state index contributed by atoms with van der Waals surface area (Å²) in [6.45, 7) is 0.816. The van der Waals surface area contributed by atoms with Crippen molar-refractivity contribution in [2.45, 2.75) is 125 Å². The first-order valence-corrected chi connectivity index (χ1v) is 32.7. The molecule has 0 aliphatic carbocycles. The molecule has 0 bridgehead atoms. The number of nitrogens with one attached hydrogen (secondary N) is 6. The minimum absolute atomic E-state index is 0.0488. The molecule has 2 saturated heterocycles. The van der Waals surface area contributed by atoms with Gasteiger partial charge in [-0.25, -0.2) is 9.59 Å². The van der Waals surface area contributed by atoms with Gasteiger partial charge in [-0.05, 0) is 83.0 Å². The summed E-state index contributed by atoms with van der Waals surface area (Å²) in [5, 5.41) is 103. The normalized spacial score (nSPS) is 22.3. The van der Waals surface area contributed by atoms with Gasteiger partial charge in [0.15, 0.2) is 0 Å². The quantitative estimate of drug-likeness (QED) is 0.0263. The van der Waals surface area contributed by atoms with Crippen molar-refractivity contribution in [1.29, 1.82) is 0 Å². The Morgan fingerprint density at radius 1 is 0.500 bits per heavy atom. The Kier molecular flexibility index (Phi) is 27.9. The maximum Gasteiger partial charge on any atom is 0.364 e. The first kappa shape index (κ1) is 73.6. The van der Waals surface area contributed by atoms with Crippen LogP contribution in [-0.2, 0) is 47.7 Å². The molecular weight excluding hydrogens is 1260 g/mol. The van der Waals surface area contributed by atoms with Crippen LogP contribution in [0.1, 0.15) is 73.1 Å². The second-order valence-corrected chi connectivity index (χ2v) is 24.9. The summed E-state index contributed by atoms with van der Waals surface area (Å²) >= 11 is 2.71. The summed E-state index contributed by atoms with van der Waals surface area (Å²) in [7, 11) is 0. The number of aliphatic hydroxyl groups excluding tert-OH is 6. The van der Waals surface area contributed by atoms with E-state index in [0.29, 0.717) is 34.4 Å². The number of anilines is 2. The van der Waals surface area contributed by atoms with E-state index in [-0.39, 0.29) is 61.8 Å². The summed E-state index contributed by atoms with van der Waals surface area (Å²) in [5.41, 5.74) is 4.82. The van der Waals surface area contributed by atoms with Crippen LogP contribution in [0.4, 0.5) is 11.4 Å². The lowest BCUT2D eigenvalue weighted by Gasteiger charge is -2.46. The summed E-state index contributed by atoms with van der Waals surface area (Å²) < 4.78 is 23.2. The Morgan fingerprint density at radius 3 is 1.18 bits per heavy atom. The predicted molar refractivity (Wildman–Crippen MR) is 348 cm³/mol. The number of carboxylic acids is 2. The molecule has 12 atom stereocenters. The maximum atomic E-state index is 13.1. The number of ether oxygens (including phenoxy) is 4. The topological polar surface area (TPSA) is 408 Å². The fraction of sp³-hybridized carbons (Fsp3) is 0.424. The number of amides is 6. The molecule has 0 aromatic heterocycles. The Balaban J connectivity index is 0.800. The van der Waals surface area contributed by atoms with Crippen molar-refractivity contribution < 1.29 is 98.2 Å². The lowest BCUT2D eigenvalue weighted by Crippen LogP contribution is -2.68. The zero-order chi connectivity index (χ0) is 68.0. The largest absolute Gasteiger partial charge is 0.477 e. The molecule has 0 spiro atoms. The number of aliphatic carboxylic acids is 2. The highest BCUT2D eigenvalue weighted by Crippen LogP contribution is 2.36. The van der Waals surface area contributed by atoms with E-state index < -0.39 is 134 Å². The average Bonchev–Trinajstić information content (AvgIpc) is 0.780. The van der Waals surface area contributed by atoms with Gasteiger partial charge in [-0.1, -0.05) is 97.1 Å². The molecule has 2 heterocycles. The van der Waals surface area contributed by atoms with Gasteiger partial charge in [0.1, 0.15) is 24.4 Å². The number of hydrogen-bond acceptors (Lipinski definition) is 20. The monoisotopic (exact) mass is 1340 g/mol. The van der Waals surface area contributed by atoms with Crippen LogP contribution in [0.3, 0.4) is 0 Å². The van der Waals surface area contributed by atoms with Crippen LogP contribution in [-0.4, -0.2) is 210 Å². The zero-order valence-corrected chi connectivity index (χ0v) is 53.3. The minimum atomic E-state index is -2.52. The van der Waals surface area contributed by atoms with Crippen LogP contribution in [0.5, 0.6) is 0 Å². The van der Waals surface area contributed by atoms with Gasteiger partial charge in [0.25, 0.3) is 23.4 Å². The third-order valence-corrected chi connectivity index (χ3v) is 17.5. The highest BCUT2D eigenvalue weighted by Gasteiger charge is 2.57.